The molecule has 25 heavy (non-hydrogen) atoms. The summed E-state index contributed by atoms with van der Waals surface area (Å²) < 4.78 is 0. The molecular formula is C21H34O4. The molecule has 142 valence electrons. The molecule has 1 unspecified atom stereocenters. The summed E-state index contributed by atoms with van der Waals surface area (Å²) >= 11 is 0. The van der Waals surface area contributed by atoms with Crippen molar-refractivity contribution in [3.8, 4) is 0 Å². The number of aliphatic carboxylic acids is 1. The van der Waals surface area contributed by atoms with Crippen molar-refractivity contribution in [1.82, 2.24) is 0 Å². The van der Waals surface area contributed by atoms with E-state index in [0.717, 1.165) is 12.8 Å². The summed E-state index contributed by atoms with van der Waals surface area (Å²) in [7, 11) is 0. The highest BCUT2D eigenvalue weighted by Gasteiger charge is 2.34. The molecule has 0 aliphatic heterocycles. The Morgan fingerprint density at radius 3 is 2.52 bits per heavy atom. The normalized spacial score (nSPS) is 20.4. The molecule has 1 aliphatic rings. The van der Waals surface area contributed by atoms with Crippen LogP contribution in [0.25, 0.3) is 0 Å². The van der Waals surface area contributed by atoms with Crippen molar-refractivity contribution in [3.63, 3.8) is 0 Å². The minimum absolute atomic E-state index is 0.101. The maximum atomic E-state index is 12.1. The third-order valence-electron chi connectivity index (χ3n) is 5.06. The molecule has 0 aromatic heterocycles. The number of carbonyl (C=O) groups excluding carboxylic acids is 2. The van der Waals surface area contributed by atoms with Crippen molar-refractivity contribution < 1.29 is 19.5 Å². The van der Waals surface area contributed by atoms with E-state index < -0.39 is 5.97 Å². The highest BCUT2D eigenvalue weighted by Crippen LogP contribution is 2.33. The van der Waals surface area contributed by atoms with Crippen molar-refractivity contribution in [2.45, 2.75) is 90.4 Å². The van der Waals surface area contributed by atoms with Gasteiger partial charge in [0.05, 0.1) is 0 Å². The largest absolute Gasteiger partial charge is 0.481 e. The van der Waals surface area contributed by atoms with Crippen molar-refractivity contribution in [2.24, 2.45) is 11.8 Å². The minimum atomic E-state index is -0.821. The molecule has 0 amide bonds. The van der Waals surface area contributed by atoms with Crippen LogP contribution in [0.3, 0.4) is 0 Å². The van der Waals surface area contributed by atoms with Gasteiger partial charge in [-0.25, -0.2) is 0 Å². The van der Waals surface area contributed by atoms with Crippen molar-refractivity contribution in [2.75, 3.05) is 0 Å². The van der Waals surface area contributed by atoms with Crippen LogP contribution in [0, 0.1) is 11.8 Å². The van der Waals surface area contributed by atoms with Crippen LogP contribution in [0.1, 0.15) is 90.4 Å². The summed E-state index contributed by atoms with van der Waals surface area (Å²) in [6, 6.07) is 0. The lowest BCUT2D eigenvalue weighted by molar-refractivity contribution is -0.137. The molecule has 0 bridgehead atoms. The predicted octanol–water partition coefficient (Wildman–Crippen LogP) is 5.10. The van der Waals surface area contributed by atoms with E-state index in [1.54, 1.807) is 0 Å². The van der Waals surface area contributed by atoms with Crippen LogP contribution in [-0.2, 0) is 14.4 Å². The topological polar surface area (TPSA) is 71.4 Å². The molecule has 4 heteroatoms. The predicted molar refractivity (Wildman–Crippen MR) is 99.5 cm³/mol. The van der Waals surface area contributed by atoms with Gasteiger partial charge in [0.15, 0.2) is 0 Å². The monoisotopic (exact) mass is 350 g/mol. The van der Waals surface area contributed by atoms with Gasteiger partial charge in [0, 0.05) is 31.6 Å². The van der Waals surface area contributed by atoms with Crippen LogP contribution in [0.5, 0.6) is 0 Å². The average molecular weight is 350 g/mol. The van der Waals surface area contributed by atoms with Crippen LogP contribution in [0.2, 0.25) is 0 Å². The second kappa shape index (κ2) is 12.8. The summed E-state index contributed by atoms with van der Waals surface area (Å²) in [6.45, 7) is 2.21. The van der Waals surface area contributed by atoms with E-state index in [2.05, 4.69) is 19.1 Å². The van der Waals surface area contributed by atoms with Gasteiger partial charge in [-0.15, -0.1) is 0 Å². The summed E-state index contributed by atoms with van der Waals surface area (Å²) in [6.07, 6.45) is 15.1. The van der Waals surface area contributed by atoms with Crippen LogP contribution in [0.15, 0.2) is 12.2 Å². The van der Waals surface area contributed by atoms with Gasteiger partial charge in [-0.1, -0.05) is 44.8 Å². The zero-order chi connectivity index (χ0) is 18.5. The summed E-state index contributed by atoms with van der Waals surface area (Å²) in [4.78, 5) is 34.6. The lowest BCUT2D eigenvalue weighted by Crippen LogP contribution is -2.18. The van der Waals surface area contributed by atoms with E-state index in [-0.39, 0.29) is 29.8 Å². The van der Waals surface area contributed by atoms with Crippen LogP contribution < -0.4 is 0 Å². The Balaban J connectivity index is 2.29. The third-order valence-corrected chi connectivity index (χ3v) is 5.06. The number of hydrogen-bond donors (Lipinski definition) is 1. The molecule has 0 radical (unpaired) electrons. The van der Waals surface area contributed by atoms with Crippen LogP contribution in [0.4, 0.5) is 0 Å². The zero-order valence-electron chi connectivity index (χ0n) is 15.7. The second-order valence-electron chi connectivity index (χ2n) is 7.25. The van der Waals surface area contributed by atoms with Gasteiger partial charge in [-0.3, -0.25) is 14.4 Å². The third kappa shape index (κ3) is 9.57. The number of carboxylic acid groups (broad SMARTS) is 1. The SMILES string of the molecule is CCCCCCC/C=C/C1CCC(=O)[C@@H]1CC(=O)CCCCC(=O)O. The molecule has 1 N–H and O–H groups in total. The summed E-state index contributed by atoms with van der Waals surface area (Å²) in [5, 5.41) is 8.60. The second-order valence-corrected chi connectivity index (χ2v) is 7.25. The lowest BCUT2D eigenvalue weighted by atomic mass is 9.89. The minimum Gasteiger partial charge on any atom is -0.481 e. The number of allylic oxidation sites excluding steroid dienone is 2. The van der Waals surface area contributed by atoms with E-state index >= 15 is 0 Å². The number of ketones is 2. The Hall–Kier alpha value is -1.45. The lowest BCUT2D eigenvalue weighted by Gasteiger charge is -2.14. The van der Waals surface area contributed by atoms with Gasteiger partial charge in [0.2, 0.25) is 0 Å². The Kier molecular flexibility index (Phi) is 11.1. The van der Waals surface area contributed by atoms with Gasteiger partial charge in [0.25, 0.3) is 0 Å². The van der Waals surface area contributed by atoms with E-state index in [1.165, 1.54) is 32.1 Å². The first-order valence-corrected chi connectivity index (χ1v) is 9.97. The molecule has 1 aliphatic carbocycles. The molecule has 0 spiro atoms. The molecule has 0 aromatic rings. The Morgan fingerprint density at radius 1 is 1.08 bits per heavy atom. The first-order valence-electron chi connectivity index (χ1n) is 9.97. The summed E-state index contributed by atoms with van der Waals surface area (Å²) in [5.41, 5.74) is 0. The standard InChI is InChI=1S/C21H34O4/c1-2-3-4-5-6-7-8-11-17-14-15-20(23)19(17)16-18(22)12-9-10-13-21(24)25/h8,11,17,19H,2-7,9-10,12-16H2,1H3,(H,24,25)/b11-8+/t17?,19-/m1/s1. The first kappa shape index (κ1) is 21.6. The fourth-order valence-corrected chi connectivity index (χ4v) is 3.51. The number of Topliss-reactive ketones (excluding diaryl/α,β-unsaturated/α-hetero) is 2. The van der Waals surface area contributed by atoms with E-state index in [4.69, 9.17) is 5.11 Å². The van der Waals surface area contributed by atoms with Gasteiger partial charge < -0.3 is 5.11 Å². The fourth-order valence-electron chi connectivity index (χ4n) is 3.51. The molecule has 1 saturated carbocycles. The van der Waals surface area contributed by atoms with Crippen molar-refractivity contribution in [3.05, 3.63) is 12.2 Å². The number of carbonyl (C=O) groups is 3. The molecule has 2 atom stereocenters. The molecule has 0 heterocycles. The van der Waals surface area contributed by atoms with Crippen LogP contribution in [-0.4, -0.2) is 22.6 Å². The summed E-state index contributed by atoms with van der Waals surface area (Å²) in [5.74, 6) is -0.437. The van der Waals surface area contributed by atoms with Gasteiger partial charge >= 0.3 is 5.97 Å². The number of carboxylic acids is 1. The number of rotatable bonds is 14. The Bertz CT molecular complexity index is 453. The quantitative estimate of drug-likeness (QED) is 0.349. The number of hydrogen-bond acceptors (Lipinski definition) is 3. The average Bonchev–Trinajstić information content (AvgIpc) is 2.91. The van der Waals surface area contributed by atoms with Crippen molar-refractivity contribution >= 4 is 17.5 Å². The fraction of sp³-hybridized carbons (Fsp3) is 0.762. The van der Waals surface area contributed by atoms with Crippen LogP contribution >= 0.6 is 0 Å². The molecule has 4 nitrogen and oxygen atoms in total. The maximum Gasteiger partial charge on any atom is 0.303 e. The Labute approximate surface area is 152 Å². The first-order chi connectivity index (χ1) is 12.0. The molecule has 0 saturated heterocycles. The number of unbranched alkanes of at least 4 members (excludes halogenated alkanes) is 6. The van der Waals surface area contributed by atoms with Crippen molar-refractivity contribution in [1.29, 1.82) is 0 Å². The zero-order valence-corrected chi connectivity index (χ0v) is 15.7. The molecule has 1 fully saturated rings. The van der Waals surface area contributed by atoms with E-state index in [9.17, 15) is 14.4 Å². The maximum absolute atomic E-state index is 12.1. The molecule has 1 rings (SSSR count). The van der Waals surface area contributed by atoms with Gasteiger partial charge in [0.1, 0.15) is 11.6 Å². The smallest absolute Gasteiger partial charge is 0.303 e. The molecular weight excluding hydrogens is 316 g/mol. The van der Waals surface area contributed by atoms with E-state index in [1.807, 2.05) is 0 Å². The van der Waals surface area contributed by atoms with Gasteiger partial charge in [-0.05, 0) is 38.0 Å². The van der Waals surface area contributed by atoms with E-state index in [0.29, 0.717) is 32.1 Å². The molecule has 0 aromatic carbocycles. The highest BCUT2D eigenvalue weighted by atomic mass is 16.4. The highest BCUT2D eigenvalue weighted by molar-refractivity contribution is 5.89. The Morgan fingerprint density at radius 2 is 1.80 bits per heavy atom. The van der Waals surface area contributed by atoms with Gasteiger partial charge in [-0.2, -0.15) is 0 Å².